The maximum atomic E-state index is 13.2. The highest BCUT2D eigenvalue weighted by Crippen LogP contribution is 2.26. The van der Waals surface area contributed by atoms with Gasteiger partial charge in [0.05, 0.1) is 24.9 Å². The number of methoxy groups -OCH3 is 1. The molecule has 160 valence electrons. The normalized spacial score (nSPS) is 10.4. The summed E-state index contributed by atoms with van der Waals surface area (Å²) in [4.78, 5) is 26.4. The lowest BCUT2D eigenvalue weighted by atomic mass is 10.1. The summed E-state index contributed by atoms with van der Waals surface area (Å²) >= 11 is 0. The molecule has 0 aliphatic carbocycles. The summed E-state index contributed by atoms with van der Waals surface area (Å²) in [6, 6.07) is 19.5. The van der Waals surface area contributed by atoms with Gasteiger partial charge >= 0.3 is 5.97 Å². The van der Waals surface area contributed by atoms with Crippen molar-refractivity contribution >= 4 is 17.6 Å². The molecule has 0 unspecified atom stereocenters. The summed E-state index contributed by atoms with van der Waals surface area (Å²) < 4.78 is 11.0. The third kappa shape index (κ3) is 5.22. The Bertz CT molecular complexity index is 1060. The Morgan fingerprint density at radius 1 is 0.903 bits per heavy atom. The number of amides is 1. The van der Waals surface area contributed by atoms with E-state index in [2.05, 4.69) is 0 Å². The molecular formula is C25H25NO5. The number of nitrogens with zero attached hydrogens (tertiary/aromatic N) is 1. The minimum atomic E-state index is -1.10. The molecule has 0 bridgehead atoms. The van der Waals surface area contributed by atoms with E-state index in [9.17, 15) is 14.7 Å². The van der Waals surface area contributed by atoms with E-state index < -0.39 is 5.97 Å². The third-order valence-corrected chi connectivity index (χ3v) is 4.97. The summed E-state index contributed by atoms with van der Waals surface area (Å²) in [6.45, 7) is 3.82. The fourth-order valence-electron chi connectivity index (χ4n) is 3.35. The zero-order valence-electron chi connectivity index (χ0n) is 17.8. The van der Waals surface area contributed by atoms with Gasteiger partial charge in [-0.3, -0.25) is 4.79 Å². The largest absolute Gasteiger partial charge is 0.497 e. The number of benzene rings is 3. The minimum Gasteiger partial charge on any atom is -0.497 e. The average molecular weight is 419 g/mol. The second-order valence-electron chi connectivity index (χ2n) is 7.16. The highest BCUT2D eigenvalue weighted by Gasteiger charge is 2.22. The lowest BCUT2D eigenvalue weighted by Crippen LogP contribution is -2.35. The fourth-order valence-corrected chi connectivity index (χ4v) is 3.35. The summed E-state index contributed by atoms with van der Waals surface area (Å²) in [5.74, 6) is -0.0799. The SMILES string of the molecule is COc1ccc(CN(C(=O)COc2c(C)cccc2C)c2ccccc2C(=O)O)cc1. The Balaban J connectivity index is 1.91. The van der Waals surface area contributed by atoms with E-state index in [-0.39, 0.29) is 24.6 Å². The molecule has 0 aliphatic rings. The first-order valence-electron chi connectivity index (χ1n) is 9.85. The van der Waals surface area contributed by atoms with Crippen LogP contribution in [-0.4, -0.2) is 30.7 Å². The molecule has 0 saturated heterocycles. The van der Waals surface area contributed by atoms with Gasteiger partial charge in [-0.25, -0.2) is 4.79 Å². The number of hydrogen-bond donors (Lipinski definition) is 1. The molecule has 0 saturated carbocycles. The van der Waals surface area contributed by atoms with E-state index in [1.54, 1.807) is 37.4 Å². The number of rotatable bonds is 8. The number of hydrogen-bond acceptors (Lipinski definition) is 4. The van der Waals surface area contributed by atoms with Crippen molar-refractivity contribution < 1.29 is 24.2 Å². The number of para-hydroxylation sites is 2. The zero-order chi connectivity index (χ0) is 22.4. The van der Waals surface area contributed by atoms with Gasteiger partial charge in [-0.1, -0.05) is 42.5 Å². The van der Waals surface area contributed by atoms with Gasteiger partial charge in [0.1, 0.15) is 11.5 Å². The standard InChI is InChI=1S/C25H25NO5/c1-17-7-6-8-18(2)24(17)31-16-23(27)26(15-19-11-13-20(30-3)14-12-19)22-10-5-4-9-21(22)25(28)29/h4-14H,15-16H2,1-3H3,(H,28,29). The van der Waals surface area contributed by atoms with Crippen LogP contribution in [0.3, 0.4) is 0 Å². The van der Waals surface area contributed by atoms with Crippen molar-refractivity contribution in [3.8, 4) is 11.5 Å². The van der Waals surface area contributed by atoms with Crippen LogP contribution in [-0.2, 0) is 11.3 Å². The van der Waals surface area contributed by atoms with Crippen LogP contribution in [0.1, 0.15) is 27.0 Å². The molecule has 31 heavy (non-hydrogen) atoms. The van der Waals surface area contributed by atoms with Crippen molar-refractivity contribution in [3.63, 3.8) is 0 Å². The number of carboxylic acids is 1. The topological polar surface area (TPSA) is 76.1 Å². The molecule has 6 heteroatoms. The summed E-state index contributed by atoms with van der Waals surface area (Å²) in [7, 11) is 1.58. The van der Waals surface area contributed by atoms with Crippen LogP contribution in [0.5, 0.6) is 11.5 Å². The van der Waals surface area contributed by atoms with Gasteiger partial charge in [0, 0.05) is 0 Å². The van der Waals surface area contributed by atoms with E-state index in [1.165, 1.54) is 11.0 Å². The van der Waals surface area contributed by atoms with E-state index in [0.717, 1.165) is 16.7 Å². The predicted octanol–water partition coefficient (Wildman–Crippen LogP) is 4.62. The van der Waals surface area contributed by atoms with E-state index >= 15 is 0 Å². The second-order valence-corrected chi connectivity index (χ2v) is 7.16. The van der Waals surface area contributed by atoms with Gasteiger partial charge in [-0.2, -0.15) is 0 Å². The second kappa shape index (κ2) is 9.80. The van der Waals surface area contributed by atoms with Crippen molar-refractivity contribution in [1.29, 1.82) is 0 Å². The van der Waals surface area contributed by atoms with Crippen molar-refractivity contribution in [2.45, 2.75) is 20.4 Å². The maximum absolute atomic E-state index is 13.2. The number of carbonyl (C=O) groups excluding carboxylic acids is 1. The highest BCUT2D eigenvalue weighted by atomic mass is 16.5. The molecule has 0 aliphatic heterocycles. The Labute approximate surface area is 181 Å². The van der Waals surface area contributed by atoms with Crippen LogP contribution in [0.15, 0.2) is 66.7 Å². The molecule has 6 nitrogen and oxygen atoms in total. The first-order chi connectivity index (χ1) is 14.9. The van der Waals surface area contributed by atoms with Crippen molar-refractivity contribution in [2.75, 3.05) is 18.6 Å². The summed E-state index contributed by atoms with van der Waals surface area (Å²) in [6.07, 6.45) is 0. The molecule has 3 aromatic rings. The monoisotopic (exact) mass is 419 g/mol. The van der Waals surface area contributed by atoms with E-state index in [4.69, 9.17) is 9.47 Å². The summed E-state index contributed by atoms with van der Waals surface area (Å²) in [5, 5.41) is 9.63. The molecule has 0 heterocycles. The molecule has 3 aromatic carbocycles. The van der Waals surface area contributed by atoms with E-state index in [0.29, 0.717) is 17.2 Å². The number of carbonyl (C=O) groups is 2. The molecule has 1 N–H and O–H groups in total. The Hall–Kier alpha value is -3.80. The molecule has 0 spiro atoms. The smallest absolute Gasteiger partial charge is 0.337 e. The van der Waals surface area contributed by atoms with Crippen LogP contribution in [0.4, 0.5) is 5.69 Å². The first kappa shape index (κ1) is 21.9. The van der Waals surface area contributed by atoms with Crippen LogP contribution >= 0.6 is 0 Å². The molecule has 0 fully saturated rings. The van der Waals surface area contributed by atoms with Crippen LogP contribution in [0.2, 0.25) is 0 Å². The van der Waals surface area contributed by atoms with Crippen molar-refractivity contribution in [1.82, 2.24) is 0 Å². The number of aromatic carboxylic acids is 1. The quantitative estimate of drug-likeness (QED) is 0.576. The molecule has 3 rings (SSSR count). The lowest BCUT2D eigenvalue weighted by molar-refractivity contribution is -0.120. The van der Waals surface area contributed by atoms with Gasteiger partial charge in [0.25, 0.3) is 5.91 Å². The van der Waals surface area contributed by atoms with Crippen LogP contribution < -0.4 is 14.4 Å². The number of carboxylic acid groups (broad SMARTS) is 1. The predicted molar refractivity (Wildman–Crippen MR) is 119 cm³/mol. The van der Waals surface area contributed by atoms with Crippen LogP contribution in [0.25, 0.3) is 0 Å². The summed E-state index contributed by atoms with van der Waals surface area (Å²) in [5.41, 5.74) is 3.07. The van der Waals surface area contributed by atoms with Gasteiger partial charge in [-0.15, -0.1) is 0 Å². The molecule has 0 aromatic heterocycles. The average Bonchev–Trinajstić information content (AvgIpc) is 2.77. The van der Waals surface area contributed by atoms with Gasteiger partial charge in [0.15, 0.2) is 6.61 Å². The zero-order valence-corrected chi connectivity index (χ0v) is 17.8. The van der Waals surface area contributed by atoms with Gasteiger partial charge in [-0.05, 0) is 54.8 Å². The van der Waals surface area contributed by atoms with Gasteiger partial charge < -0.3 is 19.5 Å². The van der Waals surface area contributed by atoms with Gasteiger partial charge in [0.2, 0.25) is 0 Å². The maximum Gasteiger partial charge on any atom is 0.337 e. The highest BCUT2D eigenvalue weighted by molar-refractivity contribution is 6.02. The molecule has 0 radical (unpaired) electrons. The number of anilines is 1. The third-order valence-electron chi connectivity index (χ3n) is 4.97. The Morgan fingerprint density at radius 2 is 1.55 bits per heavy atom. The Morgan fingerprint density at radius 3 is 2.16 bits per heavy atom. The molecule has 0 atom stereocenters. The minimum absolute atomic E-state index is 0.0523. The molecular weight excluding hydrogens is 394 g/mol. The van der Waals surface area contributed by atoms with E-state index in [1.807, 2.05) is 44.2 Å². The number of aryl methyl sites for hydroxylation is 2. The van der Waals surface area contributed by atoms with Crippen molar-refractivity contribution in [3.05, 3.63) is 89.0 Å². The lowest BCUT2D eigenvalue weighted by Gasteiger charge is -2.25. The fraction of sp³-hybridized carbons (Fsp3) is 0.200. The number of ether oxygens (including phenoxy) is 2. The van der Waals surface area contributed by atoms with Crippen molar-refractivity contribution in [2.24, 2.45) is 0 Å². The Kier molecular flexibility index (Phi) is 6.92. The first-order valence-corrected chi connectivity index (χ1v) is 9.85. The molecule has 1 amide bonds. The van der Waals surface area contributed by atoms with Crippen LogP contribution in [0, 0.1) is 13.8 Å².